The first kappa shape index (κ1) is 26.1. The van der Waals surface area contributed by atoms with Gasteiger partial charge in [-0.15, -0.1) is 0 Å². The number of aromatic nitrogens is 3. The van der Waals surface area contributed by atoms with E-state index >= 15 is 0 Å². The van der Waals surface area contributed by atoms with Crippen LogP contribution in [0.5, 0.6) is 0 Å². The Balaban J connectivity index is 2.02. The summed E-state index contributed by atoms with van der Waals surface area (Å²) in [5.74, 6) is -0.903. The fourth-order valence-electron chi connectivity index (χ4n) is 2.83. The van der Waals surface area contributed by atoms with Crippen LogP contribution in [-0.2, 0) is 4.74 Å². The minimum Gasteiger partial charge on any atom is -0.452 e. The third kappa shape index (κ3) is 5.77. The normalized spacial score (nSPS) is 10.5. The van der Waals surface area contributed by atoms with Crippen LogP contribution in [0.15, 0.2) is 50.1 Å². The van der Waals surface area contributed by atoms with Crippen molar-refractivity contribution in [3.8, 4) is 5.82 Å². The summed E-state index contributed by atoms with van der Waals surface area (Å²) in [6, 6.07) is 7.96. The zero-order valence-electron chi connectivity index (χ0n) is 17.6. The van der Waals surface area contributed by atoms with Gasteiger partial charge in [0.15, 0.2) is 5.82 Å². The molecule has 2 heterocycles. The minimum atomic E-state index is -0.809. The number of anilines is 1. The summed E-state index contributed by atoms with van der Waals surface area (Å²) >= 11 is 16.2. The van der Waals surface area contributed by atoms with Gasteiger partial charge in [0.05, 0.1) is 23.4 Å². The molecule has 0 saturated carbocycles. The van der Waals surface area contributed by atoms with Crippen molar-refractivity contribution in [2.45, 2.75) is 6.92 Å². The smallest absolute Gasteiger partial charge is 0.425 e. The minimum absolute atomic E-state index is 0.105. The number of ether oxygens (including phenoxy) is 1. The first-order chi connectivity index (χ1) is 16.2. The lowest BCUT2D eigenvalue weighted by Gasteiger charge is -2.23. The Morgan fingerprint density at radius 1 is 1.21 bits per heavy atom. The van der Waals surface area contributed by atoms with Crippen LogP contribution in [0.4, 0.5) is 10.5 Å². The molecule has 178 valence electrons. The molecule has 14 heteroatoms. The molecular weight excluding hydrogens is 663 g/mol. The topological polar surface area (TPSA) is 118 Å². The number of amides is 3. The van der Waals surface area contributed by atoms with Gasteiger partial charge in [-0.3, -0.25) is 9.59 Å². The van der Waals surface area contributed by atoms with E-state index < -0.39 is 17.9 Å². The highest BCUT2D eigenvalue weighted by molar-refractivity contribution is 9.11. The van der Waals surface area contributed by atoms with Crippen molar-refractivity contribution < 1.29 is 19.1 Å². The summed E-state index contributed by atoms with van der Waals surface area (Å²) in [5, 5.41) is 8.35. The molecule has 3 rings (SSSR count). The lowest BCUT2D eigenvalue weighted by Crippen LogP contribution is -2.46. The summed E-state index contributed by atoms with van der Waals surface area (Å²) in [5.41, 5.74) is 2.74. The number of hydrazine groups is 1. The molecule has 0 aliphatic heterocycles. The maximum absolute atomic E-state index is 13.3. The van der Waals surface area contributed by atoms with Crippen LogP contribution >= 0.6 is 59.4 Å². The molecule has 0 saturated heterocycles. The Bertz CT molecular complexity index is 1270. The fraction of sp³-hybridized carbons (Fsp3) is 0.150. The summed E-state index contributed by atoms with van der Waals surface area (Å²) in [7, 11) is 1.18. The molecule has 1 aromatic carbocycles. The van der Waals surface area contributed by atoms with Gasteiger partial charge in [0.25, 0.3) is 11.8 Å². The monoisotopic (exact) mass is 676 g/mol. The van der Waals surface area contributed by atoms with Gasteiger partial charge in [-0.1, -0.05) is 27.5 Å². The first-order valence-corrected chi connectivity index (χ1v) is 12.2. The van der Waals surface area contributed by atoms with Crippen LogP contribution in [0, 0.1) is 0 Å². The molecule has 0 unspecified atom stereocenters. The third-order valence-corrected chi connectivity index (χ3v) is 6.11. The van der Waals surface area contributed by atoms with E-state index in [1.807, 2.05) is 0 Å². The zero-order chi connectivity index (χ0) is 25.0. The fourth-order valence-corrected chi connectivity index (χ4v) is 4.73. The standard InChI is InChI=1S/C20H16Br3ClN6O4/c1-3-29(28-20(33)34-2)19(32)11-7-10(21)8-12(22)16(11)26-18(31)14-9-15(23)27-30(14)17-13(24)5-4-6-25-17/h4-9H,3H2,1-2H3,(H,26,31)(H,28,33). The highest BCUT2D eigenvalue weighted by Crippen LogP contribution is 2.32. The second-order valence-electron chi connectivity index (χ2n) is 6.49. The van der Waals surface area contributed by atoms with Gasteiger partial charge in [0.1, 0.15) is 10.3 Å². The number of hydrogen-bond acceptors (Lipinski definition) is 6. The molecule has 0 aliphatic carbocycles. The molecule has 0 aliphatic rings. The van der Waals surface area contributed by atoms with Crippen molar-refractivity contribution in [1.29, 1.82) is 0 Å². The summed E-state index contributed by atoms with van der Waals surface area (Å²) in [6.07, 6.45) is 0.713. The van der Waals surface area contributed by atoms with Gasteiger partial charge in [0, 0.05) is 27.8 Å². The molecule has 0 atom stereocenters. The third-order valence-electron chi connectivity index (χ3n) is 4.35. The van der Waals surface area contributed by atoms with Crippen molar-refractivity contribution in [2.75, 3.05) is 19.0 Å². The van der Waals surface area contributed by atoms with Gasteiger partial charge in [-0.2, -0.15) is 5.10 Å². The van der Waals surface area contributed by atoms with Crippen LogP contribution in [-0.4, -0.2) is 51.3 Å². The molecule has 2 N–H and O–H groups in total. The molecule has 2 aromatic heterocycles. The highest BCUT2D eigenvalue weighted by atomic mass is 79.9. The van der Waals surface area contributed by atoms with E-state index in [2.05, 4.69) is 73.4 Å². The van der Waals surface area contributed by atoms with Crippen molar-refractivity contribution in [3.05, 3.63) is 66.4 Å². The van der Waals surface area contributed by atoms with E-state index in [1.165, 1.54) is 30.1 Å². The number of carbonyl (C=O) groups is 3. The number of halogens is 4. The number of pyridine rings is 1. The second kappa shape index (κ2) is 11.3. The zero-order valence-corrected chi connectivity index (χ0v) is 23.1. The van der Waals surface area contributed by atoms with Crippen LogP contribution in [0.3, 0.4) is 0 Å². The predicted molar refractivity (Wildman–Crippen MR) is 136 cm³/mol. The van der Waals surface area contributed by atoms with Gasteiger partial charge in [-0.25, -0.2) is 24.9 Å². The summed E-state index contributed by atoms with van der Waals surface area (Å²) < 4.78 is 7.23. The molecule has 0 fully saturated rings. The van der Waals surface area contributed by atoms with Crippen molar-refractivity contribution in [1.82, 2.24) is 25.2 Å². The molecular formula is C20H16Br3ClN6O4. The number of nitrogens with zero attached hydrogens (tertiary/aromatic N) is 4. The molecule has 3 aromatic rings. The van der Waals surface area contributed by atoms with Crippen molar-refractivity contribution in [3.63, 3.8) is 0 Å². The van der Waals surface area contributed by atoms with Crippen molar-refractivity contribution in [2.24, 2.45) is 0 Å². The molecule has 34 heavy (non-hydrogen) atoms. The Hall–Kier alpha value is -2.48. The van der Waals surface area contributed by atoms with Gasteiger partial charge < -0.3 is 10.1 Å². The van der Waals surface area contributed by atoms with E-state index in [0.29, 0.717) is 18.6 Å². The van der Waals surface area contributed by atoms with Gasteiger partial charge in [-0.05, 0) is 63.0 Å². The quantitative estimate of drug-likeness (QED) is 0.359. The Morgan fingerprint density at radius 3 is 2.59 bits per heavy atom. The largest absolute Gasteiger partial charge is 0.452 e. The summed E-state index contributed by atoms with van der Waals surface area (Å²) in [4.78, 5) is 42.4. The van der Waals surface area contributed by atoms with Crippen LogP contribution in [0.2, 0.25) is 5.02 Å². The molecule has 0 radical (unpaired) electrons. The van der Waals surface area contributed by atoms with Crippen LogP contribution < -0.4 is 10.7 Å². The summed E-state index contributed by atoms with van der Waals surface area (Å²) in [6.45, 7) is 1.81. The van der Waals surface area contributed by atoms with E-state index in [9.17, 15) is 14.4 Å². The van der Waals surface area contributed by atoms with Crippen molar-refractivity contribution >= 4 is 83.0 Å². The number of benzene rings is 1. The molecule has 10 nitrogen and oxygen atoms in total. The number of carbonyl (C=O) groups excluding carboxylic acids is 3. The maximum atomic E-state index is 13.3. The lowest BCUT2D eigenvalue weighted by molar-refractivity contribution is 0.0644. The van der Waals surface area contributed by atoms with E-state index in [0.717, 1.165) is 5.01 Å². The molecule has 3 amide bonds. The number of rotatable bonds is 5. The molecule has 0 spiro atoms. The maximum Gasteiger partial charge on any atom is 0.425 e. The van der Waals surface area contributed by atoms with E-state index in [-0.39, 0.29) is 29.3 Å². The molecule has 0 bridgehead atoms. The highest BCUT2D eigenvalue weighted by Gasteiger charge is 2.25. The Morgan fingerprint density at radius 2 is 1.94 bits per heavy atom. The van der Waals surface area contributed by atoms with Crippen LogP contribution in [0.1, 0.15) is 27.8 Å². The predicted octanol–water partition coefficient (Wildman–Crippen LogP) is 5.19. The number of nitrogens with one attached hydrogen (secondary N) is 2. The first-order valence-electron chi connectivity index (χ1n) is 9.49. The van der Waals surface area contributed by atoms with E-state index in [1.54, 1.807) is 25.1 Å². The Labute approximate surface area is 224 Å². The lowest BCUT2D eigenvalue weighted by atomic mass is 10.1. The average Bonchev–Trinajstić information content (AvgIpc) is 3.20. The van der Waals surface area contributed by atoms with Gasteiger partial charge >= 0.3 is 6.09 Å². The number of hydrogen-bond donors (Lipinski definition) is 2. The van der Waals surface area contributed by atoms with E-state index in [4.69, 9.17) is 11.6 Å². The Kier molecular flexibility index (Phi) is 8.68. The average molecular weight is 680 g/mol. The second-order valence-corrected chi connectivity index (χ2v) is 9.48. The van der Waals surface area contributed by atoms with Crippen LogP contribution in [0.25, 0.3) is 5.82 Å². The van der Waals surface area contributed by atoms with Gasteiger partial charge in [0.2, 0.25) is 0 Å². The number of methoxy groups -OCH3 is 1. The SMILES string of the molecule is CCN(NC(=O)OC)C(=O)c1cc(Br)cc(Br)c1NC(=O)c1cc(Br)nn1-c1ncccc1Cl.